The number of aromatic nitrogens is 6. The van der Waals surface area contributed by atoms with Crippen molar-refractivity contribution in [2.24, 2.45) is 7.05 Å². The molecule has 0 atom stereocenters. The van der Waals surface area contributed by atoms with E-state index in [1.54, 1.807) is 6.08 Å². The molecule has 0 spiro atoms. The Bertz CT molecular complexity index is 1810. The first kappa shape index (κ1) is 29.1. The van der Waals surface area contributed by atoms with E-state index in [2.05, 4.69) is 21.1 Å². The Balaban J connectivity index is 1.27. The van der Waals surface area contributed by atoms with E-state index in [1.807, 2.05) is 102 Å². The van der Waals surface area contributed by atoms with Gasteiger partial charge in [0.1, 0.15) is 23.5 Å². The molecule has 4 aromatic heterocycles. The van der Waals surface area contributed by atoms with Gasteiger partial charge in [-0.1, -0.05) is 24.3 Å². The number of pyridine rings is 1. The molecule has 0 aliphatic carbocycles. The van der Waals surface area contributed by atoms with Gasteiger partial charge in [0.25, 0.3) is 0 Å². The second kappa shape index (κ2) is 12.3. The molecule has 0 bridgehead atoms. The number of amides is 1. The summed E-state index contributed by atoms with van der Waals surface area (Å²) >= 11 is 0. The maximum atomic E-state index is 12.6. The minimum absolute atomic E-state index is 0.0665. The summed E-state index contributed by atoms with van der Waals surface area (Å²) in [6.07, 6.45) is 10.7. The minimum atomic E-state index is 0.0665. The van der Waals surface area contributed by atoms with Gasteiger partial charge in [-0.15, -0.1) is 0 Å². The van der Waals surface area contributed by atoms with Gasteiger partial charge < -0.3 is 24.8 Å². The third kappa shape index (κ3) is 5.91. The summed E-state index contributed by atoms with van der Waals surface area (Å²) in [4.78, 5) is 29.9. The first-order valence-corrected chi connectivity index (χ1v) is 14.7. The summed E-state index contributed by atoms with van der Waals surface area (Å²) in [6, 6.07) is 13.8. The number of nitrogens with zero attached hydrogens (tertiary/aromatic N) is 8. The van der Waals surface area contributed by atoms with Crippen molar-refractivity contribution < 1.29 is 9.53 Å². The van der Waals surface area contributed by atoms with E-state index in [-0.39, 0.29) is 11.9 Å². The van der Waals surface area contributed by atoms with Crippen LogP contribution in [0.4, 0.5) is 5.82 Å². The average Bonchev–Trinajstić information content (AvgIpc) is 3.61. The number of rotatable bonds is 8. The number of hydrogen-bond acceptors (Lipinski definition) is 8. The van der Waals surface area contributed by atoms with Gasteiger partial charge in [-0.2, -0.15) is 5.10 Å². The zero-order valence-electron chi connectivity index (χ0n) is 25.5. The molecule has 11 heteroatoms. The fourth-order valence-electron chi connectivity index (χ4n) is 5.76. The van der Waals surface area contributed by atoms with Crippen LogP contribution in [0.5, 0.6) is 11.6 Å². The van der Waals surface area contributed by atoms with Crippen molar-refractivity contribution in [3.8, 4) is 34.0 Å². The standard InChI is InChI=1S/C33H37N9O2/c1-22-7-5-8-27(38-22)44-26-12-10-23(11-13-26)29-30-32(34)35-21-36-33(30)40(4)31(29)24-19-37-42(20-24)25-14-17-41(18-15-25)28(43)9-6-16-39(2)3/h5-13,19-21,25H,14-18H2,1-4H3,(H2,34,35,36)/b9-6+. The van der Waals surface area contributed by atoms with Crippen LogP contribution in [0.1, 0.15) is 24.6 Å². The number of piperidine rings is 1. The van der Waals surface area contributed by atoms with Crippen LogP contribution < -0.4 is 10.5 Å². The fourth-order valence-corrected chi connectivity index (χ4v) is 5.76. The second-order valence-electron chi connectivity index (χ2n) is 11.4. The predicted molar refractivity (Wildman–Crippen MR) is 171 cm³/mol. The molecule has 11 nitrogen and oxygen atoms in total. The van der Waals surface area contributed by atoms with E-state index in [1.165, 1.54) is 6.33 Å². The first-order chi connectivity index (χ1) is 21.3. The number of aryl methyl sites for hydroxylation is 2. The monoisotopic (exact) mass is 591 g/mol. The third-order valence-corrected chi connectivity index (χ3v) is 7.98. The zero-order chi connectivity index (χ0) is 30.8. The molecular formula is C33H37N9O2. The molecule has 0 unspecified atom stereocenters. The van der Waals surface area contributed by atoms with Crippen molar-refractivity contribution in [2.45, 2.75) is 25.8 Å². The normalized spacial score (nSPS) is 14.2. The molecular weight excluding hydrogens is 554 g/mol. The van der Waals surface area contributed by atoms with E-state index in [0.29, 0.717) is 30.5 Å². The van der Waals surface area contributed by atoms with Gasteiger partial charge in [0.2, 0.25) is 11.8 Å². The average molecular weight is 592 g/mol. The quantitative estimate of drug-likeness (QED) is 0.254. The fraction of sp³-hybridized carbons (Fsp3) is 0.303. The Labute approximate surface area is 256 Å². The van der Waals surface area contributed by atoms with Crippen LogP contribution in [0.25, 0.3) is 33.4 Å². The van der Waals surface area contributed by atoms with Crippen LogP contribution in [0.3, 0.4) is 0 Å². The Kier molecular flexibility index (Phi) is 8.12. The molecule has 1 aliphatic rings. The summed E-state index contributed by atoms with van der Waals surface area (Å²) < 4.78 is 10.1. The molecule has 1 aliphatic heterocycles. The molecule has 2 N–H and O–H groups in total. The van der Waals surface area contributed by atoms with Crippen LogP contribution in [-0.2, 0) is 11.8 Å². The lowest BCUT2D eigenvalue weighted by Gasteiger charge is -2.31. The topological polar surface area (TPSA) is 120 Å². The second-order valence-corrected chi connectivity index (χ2v) is 11.4. The van der Waals surface area contributed by atoms with Crippen LogP contribution in [0, 0.1) is 6.92 Å². The lowest BCUT2D eigenvalue weighted by Crippen LogP contribution is -2.38. The molecule has 1 saturated heterocycles. The molecule has 44 heavy (non-hydrogen) atoms. The zero-order valence-corrected chi connectivity index (χ0v) is 25.5. The number of anilines is 1. The highest BCUT2D eigenvalue weighted by Gasteiger charge is 2.26. The molecule has 0 saturated carbocycles. The number of likely N-dealkylation sites (tertiary alicyclic amines) is 1. The summed E-state index contributed by atoms with van der Waals surface area (Å²) in [5.41, 5.74) is 11.9. The van der Waals surface area contributed by atoms with Gasteiger partial charge in [-0.05, 0) is 57.6 Å². The smallest absolute Gasteiger partial charge is 0.246 e. The minimum Gasteiger partial charge on any atom is -0.439 e. The number of likely N-dealkylation sites (N-methyl/N-ethyl adjacent to an activating group) is 1. The van der Waals surface area contributed by atoms with E-state index in [9.17, 15) is 4.79 Å². The summed E-state index contributed by atoms with van der Waals surface area (Å²) in [7, 11) is 5.95. The van der Waals surface area contributed by atoms with Crippen molar-refractivity contribution in [3.63, 3.8) is 0 Å². The number of hydrogen-bond donors (Lipinski definition) is 1. The highest BCUT2D eigenvalue weighted by molar-refractivity contribution is 6.07. The molecule has 5 aromatic rings. The molecule has 226 valence electrons. The SMILES string of the molecule is Cc1cccc(Oc2ccc(-c3c(-c4cnn(C5CCN(C(=O)/C=C/CN(C)C)CC5)c4)n(C)c4ncnc(N)c34)cc2)n1. The number of nitrogens with two attached hydrogens (primary N) is 1. The van der Waals surface area contributed by atoms with Crippen molar-refractivity contribution in [1.82, 2.24) is 39.1 Å². The number of benzene rings is 1. The van der Waals surface area contributed by atoms with E-state index in [4.69, 9.17) is 15.6 Å². The summed E-state index contributed by atoms with van der Waals surface area (Å²) in [5, 5.41) is 5.57. The van der Waals surface area contributed by atoms with Gasteiger partial charge in [-0.25, -0.2) is 15.0 Å². The van der Waals surface area contributed by atoms with E-state index < -0.39 is 0 Å². The van der Waals surface area contributed by atoms with Gasteiger partial charge in [0, 0.05) is 61.8 Å². The molecule has 5 heterocycles. The molecule has 1 amide bonds. The number of nitrogen functional groups attached to an aromatic ring is 1. The lowest BCUT2D eigenvalue weighted by atomic mass is 10.00. The summed E-state index contributed by atoms with van der Waals surface area (Å²) in [6.45, 7) is 4.07. The molecule has 0 radical (unpaired) electrons. The maximum Gasteiger partial charge on any atom is 0.246 e. The molecule has 1 fully saturated rings. The van der Waals surface area contributed by atoms with Crippen molar-refractivity contribution >= 4 is 22.8 Å². The Hall–Kier alpha value is -5.03. The van der Waals surface area contributed by atoms with Gasteiger partial charge in [-0.3, -0.25) is 9.48 Å². The van der Waals surface area contributed by atoms with Crippen LogP contribution in [-0.4, -0.2) is 78.7 Å². The lowest BCUT2D eigenvalue weighted by molar-refractivity contribution is -0.127. The molecule has 1 aromatic carbocycles. The summed E-state index contributed by atoms with van der Waals surface area (Å²) in [5.74, 6) is 1.71. The highest BCUT2D eigenvalue weighted by atomic mass is 16.5. The first-order valence-electron chi connectivity index (χ1n) is 14.7. The van der Waals surface area contributed by atoms with Gasteiger partial charge in [0.15, 0.2) is 0 Å². The van der Waals surface area contributed by atoms with Crippen molar-refractivity contribution in [2.75, 3.05) is 39.5 Å². The maximum absolute atomic E-state index is 12.6. The van der Waals surface area contributed by atoms with Crippen LogP contribution >= 0.6 is 0 Å². The number of ether oxygens (including phenoxy) is 1. The molecule has 6 rings (SSSR count). The largest absolute Gasteiger partial charge is 0.439 e. The van der Waals surface area contributed by atoms with E-state index in [0.717, 1.165) is 58.5 Å². The van der Waals surface area contributed by atoms with Crippen LogP contribution in [0.15, 0.2) is 73.3 Å². The van der Waals surface area contributed by atoms with Crippen LogP contribution in [0.2, 0.25) is 0 Å². The number of fused-ring (bicyclic) bond motifs is 1. The Morgan fingerprint density at radius 3 is 2.59 bits per heavy atom. The van der Waals surface area contributed by atoms with Gasteiger partial charge >= 0.3 is 0 Å². The number of carbonyl (C=O) groups excluding carboxylic acids is 1. The highest BCUT2D eigenvalue weighted by Crippen LogP contribution is 2.42. The predicted octanol–water partition coefficient (Wildman–Crippen LogP) is 4.86. The van der Waals surface area contributed by atoms with Crippen molar-refractivity contribution in [3.05, 3.63) is 79.0 Å². The van der Waals surface area contributed by atoms with Crippen molar-refractivity contribution in [1.29, 1.82) is 0 Å². The Morgan fingerprint density at radius 1 is 1.09 bits per heavy atom. The Morgan fingerprint density at radius 2 is 1.86 bits per heavy atom. The number of carbonyl (C=O) groups is 1. The van der Waals surface area contributed by atoms with E-state index >= 15 is 0 Å². The van der Waals surface area contributed by atoms with Gasteiger partial charge in [0.05, 0.1) is 23.3 Å². The third-order valence-electron chi connectivity index (χ3n) is 7.98.